The van der Waals surface area contributed by atoms with Crippen molar-refractivity contribution in [3.8, 4) is 0 Å². The normalized spacial score (nSPS) is 11.2. The molecule has 2 aromatic rings. The first-order chi connectivity index (χ1) is 9.65. The highest BCUT2D eigenvalue weighted by molar-refractivity contribution is 5.81. The van der Waals surface area contributed by atoms with Crippen molar-refractivity contribution in [1.29, 1.82) is 0 Å². The number of carbonyl (C=O) groups is 1. The molecule has 0 spiro atoms. The molecule has 0 saturated heterocycles. The molecular weight excluding hydrogens is 258 g/mol. The molecule has 0 fully saturated rings. The second-order valence-corrected chi connectivity index (χ2v) is 4.44. The fraction of sp³-hybridized carbons (Fsp3) is 0.429. The Hall–Kier alpha value is -1.92. The lowest BCUT2D eigenvalue weighted by Gasteiger charge is -2.14. The minimum atomic E-state index is -0.431. The first-order valence-electron chi connectivity index (χ1n) is 6.40. The van der Waals surface area contributed by atoms with Gasteiger partial charge < -0.3 is 19.4 Å². The highest BCUT2D eigenvalue weighted by Crippen LogP contribution is 2.14. The number of hydrogen-bond donors (Lipinski definition) is 1. The Morgan fingerprint density at radius 1 is 1.35 bits per heavy atom. The van der Waals surface area contributed by atoms with Crippen LogP contribution in [0.15, 0.2) is 24.3 Å². The molecule has 0 radical (unpaired) electrons. The van der Waals surface area contributed by atoms with Crippen molar-refractivity contribution in [3.63, 3.8) is 0 Å². The van der Waals surface area contributed by atoms with E-state index in [9.17, 15) is 4.79 Å². The molecule has 0 bridgehead atoms. The number of amides is 1. The minimum Gasteiger partial charge on any atom is -0.354 e. The number of methoxy groups -OCH3 is 2. The SMILES string of the molecule is COC(CNC(=O)Cn1c(C)nc2ccccc21)OC. The fourth-order valence-electron chi connectivity index (χ4n) is 2.06. The number of para-hydroxylation sites is 2. The van der Waals surface area contributed by atoms with Crippen LogP contribution in [0.25, 0.3) is 11.0 Å². The Balaban J connectivity index is 2.04. The van der Waals surface area contributed by atoms with Crippen molar-refractivity contribution in [3.05, 3.63) is 30.1 Å². The summed E-state index contributed by atoms with van der Waals surface area (Å²) in [6.07, 6.45) is -0.431. The average Bonchev–Trinajstić information content (AvgIpc) is 2.76. The van der Waals surface area contributed by atoms with E-state index in [0.717, 1.165) is 16.9 Å². The largest absolute Gasteiger partial charge is 0.354 e. The van der Waals surface area contributed by atoms with Gasteiger partial charge in [-0.3, -0.25) is 4.79 Å². The van der Waals surface area contributed by atoms with Crippen LogP contribution < -0.4 is 5.32 Å². The van der Waals surface area contributed by atoms with E-state index in [-0.39, 0.29) is 12.5 Å². The highest BCUT2D eigenvalue weighted by atomic mass is 16.7. The first-order valence-corrected chi connectivity index (χ1v) is 6.40. The maximum atomic E-state index is 12.0. The molecule has 1 aromatic carbocycles. The van der Waals surface area contributed by atoms with Gasteiger partial charge in [-0.25, -0.2) is 4.98 Å². The van der Waals surface area contributed by atoms with Crippen LogP contribution in [-0.4, -0.2) is 42.5 Å². The van der Waals surface area contributed by atoms with Gasteiger partial charge in [-0.05, 0) is 19.1 Å². The third-order valence-electron chi connectivity index (χ3n) is 3.14. The molecule has 2 rings (SSSR count). The Morgan fingerprint density at radius 2 is 2.05 bits per heavy atom. The summed E-state index contributed by atoms with van der Waals surface area (Å²) in [4.78, 5) is 16.4. The van der Waals surface area contributed by atoms with E-state index in [1.54, 1.807) is 0 Å². The lowest BCUT2D eigenvalue weighted by Crippen LogP contribution is -2.36. The van der Waals surface area contributed by atoms with Gasteiger partial charge in [-0.1, -0.05) is 12.1 Å². The van der Waals surface area contributed by atoms with Gasteiger partial charge in [0.15, 0.2) is 6.29 Å². The van der Waals surface area contributed by atoms with E-state index in [4.69, 9.17) is 9.47 Å². The van der Waals surface area contributed by atoms with E-state index in [0.29, 0.717) is 6.54 Å². The molecule has 0 aliphatic carbocycles. The lowest BCUT2D eigenvalue weighted by atomic mass is 10.3. The van der Waals surface area contributed by atoms with Gasteiger partial charge in [0.2, 0.25) is 5.91 Å². The Labute approximate surface area is 117 Å². The van der Waals surface area contributed by atoms with Crippen molar-refractivity contribution in [2.75, 3.05) is 20.8 Å². The van der Waals surface area contributed by atoms with Crippen LogP contribution in [0.1, 0.15) is 5.82 Å². The number of imidazole rings is 1. The zero-order valence-corrected chi connectivity index (χ0v) is 11.9. The molecule has 1 heterocycles. The topological polar surface area (TPSA) is 65.4 Å². The van der Waals surface area contributed by atoms with Crippen LogP contribution in [0, 0.1) is 6.92 Å². The zero-order valence-electron chi connectivity index (χ0n) is 11.9. The van der Waals surface area contributed by atoms with Gasteiger partial charge in [-0.15, -0.1) is 0 Å². The maximum absolute atomic E-state index is 12.0. The summed E-state index contributed by atoms with van der Waals surface area (Å²) in [5.41, 5.74) is 1.85. The molecule has 1 aromatic heterocycles. The van der Waals surface area contributed by atoms with E-state index in [1.807, 2.05) is 35.8 Å². The summed E-state index contributed by atoms with van der Waals surface area (Å²) < 4.78 is 11.9. The molecule has 1 amide bonds. The van der Waals surface area contributed by atoms with Gasteiger partial charge in [0.25, 0.3) is 0 Å². The van der Waals surface area contributed by atoms with Crippen molar-refractivity contribution in [2.24, 2.45) is 0 Å². The smallest absolute Gasteiger partial charge is 0.240 e. The molecule has 0 saturated carbocycles. The number of hydrogen-bond acceptors (Lipinski definition) is 4. The molecule has 0 atom stereocenters. The van der Waals surface area contributed by atoms with E-state index >= 15 is 0 Å². The number of ether oxygens (including phenoxy) is 2. The van der Waals surface area contributed by atoms with E-state index in [1.165, 1.54) is 14.2 Å². The van der Waals surface area contributed by atoms with Crippen molar-refractivity contribution >= 4 is 16.9 Å². The summed E-state index contributed by atoms with van der Waals surface area (Å²) in [5, 5.41) is 2.78. The maximum Gasteiger partial charge on any atom is 0.240 e. The molecule has 6 nitrogen and oxygen atoms in total. The summed E-state index contributed by atoms with van der Waals surface area (Å²) in [6, 6.07) is 7.75. The minimum absolute atomic E-state index is 0.102. The second-order valence-electron chi connectivity index (χ2n) is 4.44. The van der Waals surface area contributed by atoms with Gasteiger partial charge in [0.05, 0.1) is 17.6 Å². The first kappa shape index (κ1) is 14.5. The summed E-state index contributed by atoms with van der Waals surface area (Å²) in [6.45, 7) is 2.43. The Kier molecular flexibility index (Phi) is 4.70. The van der Waals surface area contributed by atoms with E-state index < -0.39 is 6.29 Å². The Bertz CT molecular complexity index is 590. The molecule has 0 unspecified atom stereocenters. The summed E-state index contributed by atoms with van der Waals surface area (Å²) >= 11 is 0. The van der Waals surface area contributed by atoms with Crippen LogP contribution in [0.5, 0.6) is 0 Å². The molecule has 1 N–H and O–H groups in total. The number of rotatable bonds is 6. The number of fused-ring (bicyclic) bond motifs is 1. The molecule has 6 heteroatoms. The van der Waals surface area contributed by atoms with Gasteiger partial charge in [-0.2, -0.15) is 0 Å². The molecule has 0 aliphatic rings. The number of aromatic nitrogens is 2. The van der Waals surface area contributed by atoms with Crippen molar-refractivity contribution < 1.29 is 14.3 Å². The summed E-state index contributed by atoms with van der Waals surface area (Å²) in [7, 11) is 3.07. The zero-order chi connectivity index (χ0) is 14.5. The number of carbonyl (C=O) groups excluding carboxylic acids is 1. The number of benzene rings is 1. The van der Waals surface area contributed by atoms with Gasteiger partial charge >= 0.3 is 0 Å². The van der Waals surface area contributed by atoms with E-state index in [2.05, 4.69) is 10.3 Å². The quantitative estimate of drug-likeness (QED) is 0.802. The number of aryl methyl sites for hydroxylation is 1. The Morgan fingerprint density at radius 3 is 2.75 bits per heavy atom. The third kappa shape index (κ3) is 3.15. The average molecular weight is 277 g/mol. The lowest BCUT2D eigenvalue weighted by molar-refractivity contribution is -0.127. The number of nitrogens with one attached hydrogen (secondary N) is 1. The van der Waals surface area contributed by atoms with Crippen LogP contribution in [0.4, 0.5) is 0 Å². The predicted octanol–water partition coefficient (Wildman–Crippen LogP) is 1.08. The summed E-state index contributed by atoms with van der Waals surface area (Å²) in [5.74, 6) is 0.715. The van der Waals surface area contributed by atoms with Crippen molar-refractivity contribution in [1.82, 2.24) is 14.9 Å². The second kappa shape index (κ2) is 6.49. The van der Waals surface area contributed by atoms with Gasteiger partial charge in [0, 0.05) is 14.2 Å². The van der Waals surface area contributed by atoms with Crippen LogP contribution in [0.3, 0.4) is 0 Å². The van der Waals surface area contributed by atoms with Crippen LogP contribution in [-0.2, 0) is 20.8 Å². The number of nitrogens with zero attached hydrogens (tertiary/aromatic N) is 2. The monoisotopic (exact) mass is 277 g/mol. The predicted molar refractivity (Wildman–Crippen MR) is 75.3 cm³/mol. The van der Waals surface area contributed by atoms with Gasteiger partial charge in [0.1, 0.15) is 12.4 Å². The molecule has 0 aliphatic heterocycles. The molecule has 108 valence electrons. The standard InChI is InChI=1S/C14H19N3O3/c1-10-16-11-6-4-5-7-12(11)17(10)9-13(18)15-8-14(19-2)20-3/h4-7,14H,8-9H2,1-3H3,(H,15,18). The fourth-order valence-corrected chi connectivity index (χ4v) is 2.06. The van der Waals surface area contributed by atoms with Crippen LogP contribution in [0.2, 0.25) is 0 Å². The molecule has 20 heavy (non-hydrogen) atoms. The third-order valence-corrected chi connectivity index (χ3v) is 3.14. The molecular formula is C14H19N3O3. The van der Waals surface area contributed by atoms with Crippen molar-refractivity contribution in [2.45, 2.75) is 19.8 Å². The van der Waals surface area contributed by atoms with Crippen LogP contribution >= 0.6 is 0 Å². The highest BCUT2D eigenvalue weighted by Gasteiger charge is 2.12.